The molecule has 5 heteroatoms. The summed E-state index contributed by atoms with van der Waals surface area (Å²) in [5, 5.41) is 4.90. The summed E-state index contributed by atoms with van der Waals surface area (Å²) in [6.45, 7) is 6.33. The average molecular weight is 354 g/mol. The highest BCUT2D eigenvalue weighted by atomic mass is 16.2. The minimum atomic E-state index is -0.186. The predicted octanol–water partition coefficient (Wildman–Crippen LogP) is 2.02. The molecule has 0 aromatic heterocycles. The van der Waals surface area contributed by atoms with Gasteiger partial charge in [-0.05, 0) is 31.9 Å². The monoisotopic (exact) mass is 354 g/mol. The summed E-state index contributed by atoms with van der Waals surface area (Å²) in [4.78, 5) is 26.1. The Hall–Kier alpha value is -2.66. The number of hydrogen-bond donors (Lipinski definition) is 2. The minimum Gasteiger partial charge on any atom is -0.333 e. The first-order valence-corrected chi connectivity index (χ1v) is 8.86. The highest BCUT2D eigenvalue weighted by Crippen LogP contribution is 2.19. The molecule has 0 bridgehead atoms. The highest BCUT2D eigenvalue weighted by Gasteiger charge is 2.17. The Bertz CT molecular complexity index is 739. The number of benzene rings is 2. The molecule has 0 fully saturated rings. The molecule has 0 radical (unpaired) electrons. The van der Waals surface area contributed by atoms with Gasteiger partial charge in [0.1, 0.15) is 6.04 Å². The highest BCUT2D eigenvalue weighted by molar-refractivity contribution is 5.95. The molecular weight excluding hydrogens is 326 g/mol. The van der Waals surface area contributed by atoms with Gasteiger partial charge < -0.3 is 15.5 Å². The normalized spacial score (nSPS) is 11.7. The van der Waals surface area contributed by atoms with Gasteiger partial charge in [0.05, 0.1) is 6.54 Å². The first-order chi connectivity index (χ1) is 12.4. The van der Waals surface area contributed by atoms with Gasteiger partial charge in [-0.25, -0.2) is 0 Å². The molecule has 5 nitrogen and oxygen atoms in total. The molecule has 0 heterocycles. The number of hydrogen-bond acceptors (Lipinski definition) is 2. The molecule has 0 aliphatic heterocycles. The van der Waals surface area contributed by atoms with Gasteiger partial charge in [0.15, 0.2) is 6.54 Å². The summed E-state index contributed by atoms with van der Waals surface area (Å²) in [5.41, 5.74) is 4.02. The lowest BCUT2D eigenvalue weighted by atomic mass is 10.1. The van der Waals surface area contributed by atoms with E-state index in [1.807, 2.05) is 67.7 Å². The third-order valence-electron chi connectivity index (χ3n) is 4.52. The van der Waals surface area contributed by atoms with Crippen molar-refractivity contribution in [1.82, 2.24) is 4.90 Å². The lowest BCUT2D eigenvalue weighted by molar-refractivity contribution is -0.683. The first-order valence-electron chi connectivity index (χ1n) is 8.86. The molecule has 3 N–H and O–H groups in total. The first kappa shape index (κ1) is 19.7. The van der Waals surface area contributed by atoms with Crippen LogP contribution in [-0.2, 0) is 9.59 Å². The van der Waals surface area contributed by atoms with Crippen molar-refractivity contribution in [3.8, 4) is 0 Å². The van der Waals surface area contributed by atoms with Gasteiger partial charge in [-0.2, -0.15) is 0 Å². The van der Waals surface area contributed by atoms with Crippen molar-refractivity contribution in [2.75, 3.05) is 25.5 Å². The van der Waals surface area contributed by atoms with E-state index in [-0.39, 0.29) is 24.4 Å². The largest absolute Gasteiger partial charge is 0.333 e. The summed E-state index contributed by atoms with van der Waals surface area (Å²) < 4.78 is 0. The lowest BCUT2D eigenvalue weighted by Crippen LogP contribution is -2.87. The second-order valence-corrected chi connectivity index (χ2v) is 6.70. The number of likely N-dealkylation sites (N-methyl/N-ethyl adjacent to an activating group) is 1. The van der Waals surface area contributed by atoms with E-state index in [2.05, 4.69) is 12.2 Å². The number of quaternary nitrogens is 1. The second kappa shape index (κ2) is 9.15. The van der Waals surface area contributed by atoms with E-state index in [1.165, 1.54) is 10.5 Å². The molecule has 0 saturated heterocycles. The van der Waals surface area contributed by atoms with E-state index in [0.29, 0.717) is 6.54 Å². The summed E-state index contributed by atoms with van der Waals surface area (Å²) in [5.74, 6) is -0.251. The van der Waals surface area contributed by atoms with E-state index in [4.69, 9.17) is 0 Å². The predicted molar refractivity (Wildman–Crippen MR) is 104 cm³/mol. The maximum absolute atomic E-state index is 12.3. The van der Waals surface area contributed by atoms with Crippen molar-refractivity contribution in [2.45, 2.75) is 26.8 Å². The number of aryl methyl sites for hydroxylation is 2. The maximum Gasteiger partial charge on any atom is 0.277 e. The number of carbonyl (C=O) groups excluding carboxylic acids is 2. The van der Waals surface area contributed by atoms with Crippen LogP contribution in [0, 0.1) is 13.8 Å². The smallest absolute Gasteiger partial charge is 0.277 e. The minimum absolute atomic E-state index is 0.0418. The van der Waals surface area contributed by atoms with E-state index in [1.54, 1.807) is 7.05 Å². The van der Waals surface area contributed by atoms with Crippen LogP contribution in [0.15, 0.2) is 48.5 Å². The average Bonchev–Trinajstić information content (AvgIpc) is 2.63. The number of amides is 2. The van der Waals surface area contributed by atoms with Crippen molar-refractivity contribution in [1.29, 1.82) is 0 Å². The van der Waals surface area contributed by atoms with Crippen molar-refractivity contribution in [3.63, 3.8) is 0 Å². The van der Waals surface area contributed by atoms with Gasteiger partial charge in [0, 0.05) is 18.3 Å². The molecule has 2 aromatic rings. The van der Waals surface area contributed by atoms with Crippen LogP contribution in [0.2, 0.25) is 0 Å². The Balaban J connectivity index is 1.83. The standard InChI is InChI=1S/C21H27N3O2/c1-15-9-8-10-16(2)21(15)23-19(25)14-24(4)20(26)13-22-17(3)18-11-6-5-7-12-18/h5-12,17,22H,13-14H2,1-4H3,(H,23,25)/p+1/t17-/m0/s1. The van der Waals surface area contributed by atoms with Gasteiger partial charge in [-0.1, -0.05) is 48.5 Å². The van der Waals surface area contributed by atoms with Crippen LogP contribution in [0.4, 0.5) is 5.69 Å². The molecular formula is C21H28N3O2+. The van der Waals surface area contributed by atoms with E-state index in [9.17, 15) is 9.59 Å². The summed E-state index contributed by atoms with van der Waals surface area (Å²) >= 11 is 0. The molecule has 26 heavy (non-hydrogen) atoms. The molecule has 2 amide bonds. The molecule has 138 valence electrons. The zero-order valence-corrected chi connectivity index (χ0v) is 16.0. The quantitative estimate of drug-likeness (QED) is 0.799. The molecule has 2 aromatic carbocycles. The fourth-order valence-electron chi connectivity index (χ4n) is 2.82. The summed E-state index contributed by atoms with van der Waals surface area (Å²) in [6, 6.07) is 16.1. The number of nitrogens with one attached hydrogen (secondary N) is 1. The van der Waals surface area contributed by atoms with Crippen LogP contribution < -0.4 is 10.6 Å². The molecule has 0 aliphatic carbocycles. The fraction of sp³-hybridized carbons (Fsp3) is 0.333. The topological polar surface area (TPSA) is 66.0 Å². The van der Waals surface area contributed by atoms with Crippen molar-refractivity contribution >= 4 is 17.5 Å². The summed E-state index contributed by atoms with van der Waals surface area (Å²) in [6.07, 6.45) is 0. The third-order valence-corrected chi connectivity index (χ3v) is 4.52. The number of para-hydroxylation sites is 1. The van der Waals surface area contributed by atoms with Gasteiger partial charge in [-0.3, -0.25) is 9.59 Å². The number of carbonyl (C=O) groups is 2. The molecule has 0 saturated carbocycles. The van der Waals surface area contributed by atoms with Crippen LogP contribution in [0.25, 0.3) is 0 Å². The Labute approximate surface area is 155 Å². The van der Waals surface area contributed by atoms with Gasteiger partial charge >= 0.3 is 0 Å². The van der Waals surface area contributed by atoms with E-state index in [0.717, 1.165) is 16.8 Å². The molecule has 0 unspecified atom stereocenters. The van der Waals surface area contributed by atoms with Gasteiger partial charge in [0.2, 0.25) is 5.91 Å². The van der Waals surface area contributed by atoms with Crippen molar-refractivity contribution in [2.24, 2.45) is 0 Å². The van der Waals surface area contributed by atoms with E-state index >= 15 is 0 Å². The molecule has 0 spiro atoms. The Morgan fingerprint density at radius 3 is 2.27 bits per heavy atom. The van der Waals surface area contributed by atoms with Crippen molar-refractivity contribution in [3.05, 3.63) is 65.2 Å². The Kier molecular flexibility index (Phi) is 6.92. The SMILES string of the molecule is Cc1cccc(C)c1NC(=O)CN(C)C(=O)C[NH2+][C@@H](C)c1ccccc1. The van der Waals surface area contributed by atoms with Crippen LogP contribution >= 0.6 is 0 Å². The Morgan fingerprint density at radius 1 is 1.04 bits per heavy atom. The Morgan fingerprint density at radius 2 is 1.65 bits per heavy atom. The van der Waals surface area contributed by atoms with Crippen LogP contribution in [0.5, 0.6) is 0 Å². The van der Waals surface area contributed by atoms with E-state index < -0.39 is 0 Å². The zero-order valence-electron chi connectivity index (χ0n) is 16.0. The van der Waals surface area contributed by atoms with Crippen LogP contribution in [0.3, 0.4) is 0 Å². The maximum atomic E-state index is 12.3. The zero-order chi connectivity index (χ0) is 19.1. The van der Waals surface area contributed by atoms with Crippen LogP contribution in [0.1, 0.15) is 29.7 Å². The number of nitrogens with two attached hydrogens (primary N) is 1. The number of nitrogens with zero attached hydrogens (tertiary/aromatic N) is 1. The van der Waals surface area contributed by atoms with Crippen molar-refractivity contribution < 1.29 is 14.9 Å². The second-order valence-electron chi connectivity index (χ2n) is 6.70. The fourth-order valence-corrected chi connectivity index (χ4v) is 2.82. The molecule has 2 rings (SSSR count). The van der Waals surface area contributed by atoms with Crippen LogP contribution in [-0.4, -0.2) is 36.9 Å². The van der Waals surface area contributed by atoms with Gasteiger partial charge in [0.25, 0.3) is 5.91 Å². The number of rotatable bonds is 7. The molecule has 1 atom stereocenters. The summed E-state index contributed by atoms with van der Waals surface area (Å²) in [7, 11) is 1.66. The molecule has 0 aliphatic rings. The lowest BCUT2D eigenvalue weighted by Gasteiger charge is -2.18. The third kappa shape index (κ3) is 5.43. The number of anilines is 1. The van der Waals surface area contributed by atoms with Gasteiger partial charge in [-0.15, -0.1) is 0 Å².